The highest BCUT2D eigenvalue weighted by molar-refractivity contribution is 6.31. The van der Waals surface area contributed by atoms with Crippen LogP contribution < -0.4 is 15.5 Å². The lowest BCUT2D eigenvalue weighted by Gasteiger charge is -2.22. The van der Waals surface area contributed by atoms with Crippen LogP contribution in [0.1, 0.15) is 15.9 Å². The van der Waals surface area contributed by atoms with E-state index in [1.807, 2.05) is 48.5 Å². The number of nitrogens with one attached hydrogen (secondary N) is 2. The van der Waals surface area contributed by atoms with E-state index in [9.17, 15) is 9.59 Å². The summed E-state index contributed by atoms with van der Waals surface area (Å²) in [6, 6.07) is 22.1. The van der Waals surface area contributed by atoms with Gasteiger partial charge in [0.15, 0.2) is 0 Å². The van der Waals surface area contributed by atoms with Gasteiger partial charge in [-0.3, -0.25) is 14.5 Å². The van der Waals surface area contributed by atoms with Crippen molar-refractivity contribution in [1.82, 2.24) is 5.32 Å². The van der Waals surface area contributed by atoms with Crippen molar-refractivity contribution in [2.75, 3.05) is 16.8 Å². The van der Waals surface area contributed by atoms with E-state index in [2.05, 4.69) is 10.6 Å². The standard InChI is InChI=1S/C22H18ClN3O2/c23-16-10-11-19-20(12-16)26(22(28)17-8-4-5-9-18(17)25-19)14-21(27)24-13-15-6-2-1-3-7-15/h1-12,25H,13-14H2,(H,24,27). The minimum atomic E-state index is -0.251. The van der Waals surface area contributed by atoms with Crippen molar-refractivity contribution in [3.63, 3.8) is 0 Å². The van der Waals surface area contributed by atoms with Gasteiger partial charge in [-0.2, -0.15) is 0 Å². The third-order valence-corrected chi connectivity index (χ3v) is 4.79. The maximum Gasteiger partial charge on any atom is 0.260 e. The topological polar surface area (TPSA) is 61.4 Å². The van der Waals surface area contributed by atoms with Gasteiger partial charge in [0, 0.05) is 11.6 Å². The Hall–Kier alpha value is -3.31. The number of anilines is 3. The molecule has 1 heterocycles. The fourth-order valence-electron chi connectivity index (χ4n) is 3.17. The molecule has 0 saturated carbocycles. The number of rotatable bonds is 4. The summed E-state index contributed by atoms with van der Waals surface area (Å²) < 4.78 is 0. The predicted octanol–water partition coefficient (Wildman–Crippen LogP) is 4.36. The SMILES string of the molecule is O=C(CN1C(=O)c2ccccc2Nc2ccc(Cl)cc21)NCc1ccccc1. The molecule has 6 heteroatoms. The molecule has 2 N–H and O–H groups in total. The first-order chi connectivity index (χ1) is 13.6. The van der Waals surface area contributed by atoms with Gasteiger partial charge in [-0.15, -0.1) is 0 Å². The molecular weight excluding hydrogens is 374 g/mol. The molecule has 0 saturated heterocycles. The largest absolute Gasteiger partial charge is 0.353 e. The van der Waals surface area contributed by atoms with Crippen LogP contribution in [0.3, 0.4) is 0 Å². The maximum atomic E-state index is 13.2. The quantitative estimate of drug-likeness (QED) is 0.694. The number of para-hydroxylation sites is 1. The normalized spacial score (nSPS) is 12.5. The lowest BCUT2D eigenvalue weighted by atomic mass is 10.1. The second-order valence-corrected chi connectivity index (χ2v) is 6.92. The van der Waals surface area contributed by atoms with Crippen LogP contribution in [0.4, 0.5) is 17.1 Å². The third kappa shape index (κ3) is 3.70. The van der Waals surface area contributed by atoms with Crippen molar-refractivity contribution in [2.24, 2.45) is 0 Å². The van der Waals surface area contributed by atoms with Gasteiger partial charge in [-0.25, -0.2) is 0 Å². The minimum absolute atomic E-state index is 0.102. The monoisotopic (exact) mass is 391 g/mol. The van der Waals surface area contributed by atoms with Crippen LogP contribution in [0.5, 0.6) is 0 Å². The van der Waals surface area contributed by atoms with Crippen LogP contribution in [-0.2, 0) is 11.3 Å². The summed E-state index contributed by atoms with van der Waals surface area (Å²) in [5.41, 5.74) is 3.49. The summed E-state index contributed by atoms with van der Waals surface area (Å²) in [5.74, 6) is -0.499. The van der Waals surface area contributed by atoms with Crippen molar-refractivity contribution in [1.29, 1.82) is 0 Å². The summed E-state index contributed by atoms with van der Waals surface area (Å²) in [5, 5.41) is 6.63. The van der Waals surface area contributed by atoms with Crippen LogP contribution >= 0.6 is 11.6 Å². The van der Waals surface area contributed by atoms with Crippen molar-refractivity contribution in [2.45, 2.75) is 6.54 Å². The van der Waals surface area contributed by atoms with Crippen molar-refractivity contribution >= 4 is 40.5 Å². The van der Waals surface area contributed by atoms with Crippen molar-refractivity contribution in [3.8, 4) is 0 Å². The smallest absolute Gasteiger partial charge is 0.260 e. The Morgan fingerprint density at radius 1 is 0.964 bits per heavy atom. The molecule has 140 valence electrons. The van der Waals surface area contributed by atoms with E-state index in [-0.39, 0.29) is 18.4 Å². The fraction of sp³-hybridized carbons (Fsp3) is 0.0909. The average Bonchev–Trinajstić information content (AvgIpc) is 2.83. The van der Waals surface area contributed by atoms with Gasteiger partial charge in [0.2, 0.25) is 5.91 Å². The molecule has 0 atom stereocenters. The zero-order valence-corrected chi connectivity index (χ0v) is 15.7. The Labute approximate surface area is 167 Å². The van der Waals surface area contributed by atoms with Gasteiger partial charge in [-0.1, -0.05) is 54.1 Å². The van der Waals surface area contributed by atoms with Gasteiger partial charge in [0.25, 0.3) is 5.91 Å². The van der Waals surface area contributed by atoms with Crippen molar-refractivity contribution < 1.29 is 9.59 Å². The number of halogens is 1. The number of carbonyl (C=O) groups excluding carboxylic acids is 2. The summed E-state index contributed by atoms with van der Waals surface area (Å²) in [6.07, 6.45) is 0. The number of carbonyl (C=O) groups is 2. The molecule has 5 nitrogen and oxygen atoms in total. The molecule has 0 aliphatic carbocycles. The molecule has 0 unspecified atom stereocenters. The molecule has 3 aromatic rings. The highest BCUT2D eigenvalue weighted by Gasteiger charge is 2.28. The molecular formula is C22H18ClN3O2. The highest BCUT2D eigenvalue weighted by Crippen LogP contribution is 2.37. The first-order valence-corrected chi connectivity index (χ1v) is 9.28. The van der Waals surface area contributed by atoms with Crippen LogP contribution in [0.25, 0.3) is 0 Å². The van der Waals surface area contributed by atoms with Gasteiger partial charge in [-0.05, 0) is 35.9 Å². The molecule has 1 aliphatic heterocycles. The molecule has 0 bridgehead atoms. The van der Waals surface area contributed by atoms with E-state index in [4.69, 9.17) is 11.6 Å². The van der Waals surface area contributed by atoms with E-state index in [1.165, 1.54) is 4.90 Å². The summed E-state index contributed by atoms with van der Waals surface area (Å²) in [6.45, 7) is 0.300. The second kappa shape index (κ2) is 7.74. The summed E-state index contributed by atoms with van der Waals surface area (Å²) in [7, 11) is 0. The molecule has 4 rings (SSSR count). The maximum absolute atomic E-state index is 13.2. The fourth-order valence-corrected chi connectivity index (χ4v) is 3.33. The van der Waals surface area contributed by atoms with Crippen LogP contribution in [-0.4, -0.2) is 18.4 Å². The van der Waals surface area contributed by atoms with E-state index < -0.39 is 0 Å². The molecule has 2 amide bonds. The van der Waals surface area contributed by atoms with Gasteiger partial charge >= 0.3 is 0 Å². The van der Waals surface area contributed by atoms with Crippen LogP contribution in [0.15, 0.2) is 72.8 Å². The number of amides is 2. The number of fused-ring (bicyclic) bond motifs is 2. The summed E-state index contributed by atoms with van der Waals surface area (Å²) >= 11 is 6.17. The Kier molecular flexibility index (Phi) is 5.00. The molecule has 0 fully saturated rings. The average molecular weight is 392 g/mol. The third-order valence-electron chi connectivity index (χ3n) is 4.56. The molecule has 0 aromatic heterocycles. The van der Waals surface area contributed by atoms with E-state index in [0.29, 0.717) is 28.5 Å². The summed E-state index contributed by atoms with van der Waals surface area (Å²) in [4.78, 5) is 27.2. The van der Waals surface area contributed by atoms with Gasteiger partial charge < -0.3 is 10.6 Å². The van der Waals surface area contributed by atoms with Gasteiger partial charge in [0.1, 0.15) is 6.54 Å². The Bertz CT molecular complexity index is 1040. The Balaban J connectivity index is 1.62. The lowest BCUT2D eigenvalue weighted by Crippen LogP contribution is -2.40. The minimum Gasteiger partial charge on any atom is -0.353 e. The molecule has 0 spiro atoms. The van der Waals surface area contributed by atoms with Crippen LogP contribution in [0.2, 0.25) is 5.02 Å². The predicted molar refractivity (Wildman–Crippen MR) is 111 cm³/mol. The molecule has 1 aliphatic rings. The number of benzene rings is 3. The Morgan fingerprint density at radius 3 is 2.54 bits per heavy atom. The van der Waals surface area contributed by atoms with E-state index >= 15 is 0 Å². The number of nitrogens with zero attached hydrogens (tertiary/aromatic N) is 1. The number of hydrogen-bond acceptors (Lipinski definition) is 3. The number of hydrogen-bond donors (Lipinski definition) is 2. The zero-order valence-electron chi connectivity index (χ0n) is 15.0. The van der Waals surface area contributed by atoms with Crippen molar-refractivity contribution in [3.05, 3.63) is 88.9 Å². The molecule has 28 heavy (non-hydrogen) atoms. The van der Waals surface area contributed by atoms with Crippen LogP contribution in [0, 0.1) is 0 Å². The van der Waals surface area contributed by atoms with E-state index in [1.54, 1.807) is 24.3 Å². The zero-order chi connectivity index (χ0) is 19.5. The second-order valence-electron chi connectivity index (χ2n) is 6.49. The molecule has 0 radical (unpaired) electrons. The molecule has 3 aromatic carbocycles. The van der Waals surface area contributed by atoms with E-state index in [0.717, 1.165) is 11.3 Å². The highest BCUT2D eigenvalue weighted by atomic mass is 35.5. The first-order valence-electron chi connectivity index (χ1n) is 8.90. The Morgan fingerprint density at radius 2 is 1.71 bits per heavy atom. The first kappa shape index (κ1) is 18.1. The lowest BCUT2D eigenvalue weighted by molar-refractivity contribution is -0.119. The van der Waals surface area contributed by atoms with Gasteiger partial charge in [0.05, 0.1) is 22.6 Å².